The normalized spacial score (nSPS) is 16.9. The van der Waals surface area contributed by atoms with Gasteiger partial charge in [0.1, 0.15) is 0 Å². The number of aryl methyl sites for hydroxylation is 1. The van der Waals surface area contributed by atoms with Crippen molar-refractivity contribution >= 4 is 29.3 Å². The molecule has 1 aliphatic rings. The fourth-order valence-corrected chi connectivity index (χ4v) is 2.48. The molecule has 0 aromatic heterocycles. The number of hydrogen-bond donors (Lipinski definition) is 2. The van der Waals surface area contributed by atoms with Crippen molar-refractivity contribution in [3.63, 3.8) is 0 Å². The van der Waals surface area contributed by atoms with Gasteiger partial charge in [-0.1, -0.05) is 12.1 Å². The smallest absolute Gasteiger partial charge is 0.233 e. The molecule has 1 aliphatic heterocycles. The Morgan fingerprint density at radius 3 is 2.80 bits per heavy atom. The van der Waals surface area contributed by atoms with E-state index < -0.39 is 0 Å². The van der Waals surface area contributed by atoms with Crippen LogP contribution in [0.15, 0.2) is 18.2 Å². The molecule has 4 nitrogen and oxygen atoms in total. The number of rotatable bonds is 4. The predicted octanol–water partition coefficient (Wildman–Crippen LogP) is 2.50. The lowest BCUT2D eigenvalue weighted by molar-refractivity contribution is -0.121. The van der Waals surface area contributed by atoms with Gasteiger partial charge in [0.15, 0.2) is 0 Å². The van der Waals surface area contributed by atoms with Crippen molar-refractivity contribution in [3.05, 3.63) is 29.3 Å². The highest BCUT2D eigenvalue weighted by Gasteiger charge is 2.18. The van der Waals surface area contributed by atoms with Gasteiger partial charge in [0.2, 0.25) is 11.8 Å². The van der Waals surface area contributed by atoms with E-state index in [1.807, 2.05) is 32.2 Å². The molecule has 0 spiro atoms. The lowest BCUT2D eigenvalue weighted by Gasteiger charge is -2.21. The van der Waals surface area contributed by atoms with Gasteiger partial charge in [0, 0.05) is 12.1 Å². The number of fused-ring (bicyclic) bond motifs is 1. The van der Waals surface area contributed by atoms with Gasteiger partial charge in [-0.3, -0.25) is 9.59 Å². The van der Waals surface area contributed by atoms with Crippen LogP contribution in [0.5, 0.6) is 0 Å². The van der Waals surface area contributed by atoms with Gasteiger partial charge >= 0.3 is 0 Å². The van der Waals surface area contributed by atoms with Crippen LogP contribution < -0.4 is 10.6 Å². The second-order valence-electron chi connectivity index (χ2n) is 5.07. The molecule has 0 fully saturated rings. The first-order chi connectivity index (χ1) is 9.51. The monoisotopic (exact) mass is 292 g/mol. The van der Waals surface area contributed by atoms with Crippen LogP contribution in [-0.2, 0) is 16.0 Å². The van der Waals surface area contributed by atoms with E-state index in [9.17, 15) is 9.59 Å². The van der Waals surface area contributed by atoms with Crippen LogP contribution in [0.4, 0.5) is 5.69 Å². The predicted molar refractivity (Wildman–Crippen MR) is 82.9 cm³/mol. The second-order valence-corrected chi connectivity index (χ2v) is 6.25. The minimum atomic E-state index is -0.0469. The number of hydrogen-bond acceptors (Lipinski definition) is 3. The third-order valence-corrected chi connectivity index (χ3v) is 4.53. The number of amides is 2. The molecule has 1 aromatic rings. The maximum Gasteiger partial charge on any atom is 0.233 e. The summed E-state index contributed by atoms with van der Waals surface area (Å²) in [6, 6.07) is 5.92. The Bertz CT molecular complexity index is 531. The van der Waals surface area contributed by atoms with Gasteiger partial charge in [-0.25, -0.2) is 0 Å². The van der Waals surface area contributed by atoms with Gasteiger partial charge in [-0.15, -0.1) is 0 Å². The van der Waals surface area contributed by atoms with E-state index in [-0.39, 0.29) is 23.1 Å². The molecule has 108 valence electrons. The lowest BCUT2D eigenvalue weighted by Crippen LogP contribution is -2.33. The quantitative estimate of drug-likeness (QED) is 0.896. The molecule has 0 saturated heterocycles. The Hall–Kier alpha value is -1.49. The van der Waals surface area contributed by atoms with E-state index in [1.165, 1.54) is 11.8 Å². The van der Waals surface area contributed by atoms with E-state index in [0.717, 1.165) is 23.2 Å². The molecule has 5 heteroatoms. The molecule has 0 saturated carbocycles. The number of carbonyl (C=O) groups is 2. The SMILES string of the molecule is CS[C@H](C)C(=O)N[C@@H](C)c1ccc2c(c1)CCC(=O)N2. The fourth-order valence-electron chi connectivity index (χ4n) is 2.19. The van der Waals surface area contributed by atoms with Crippen molar-refractivity contribution in [1.82, 2.24) is 5.32 Å². The standard InChI is InChI=1S/C15H20N2O2S/c1-9(16-15(19)10(2)20-3)11-4-6-13-12(8-11)5-7-14(18)17-13/h4,6,8-10H,5,7H2,1-3H3,(H,16,19)(H,17,18)/t9-,10+/m0/s1. The summed E-state index contributed by atoms with van der Waals surface area (Å²) in [4.78, 5) is 23.2. The largest absolute Gasteiger partial charge is 0.349 e. The Morgan fingerprint density at radius 1 is 1.35 bits per heavy atom. The lowest BCUT2D eigenvalue weighted by atomic mass is 9.98. The summed E-state index contributed by atoms with van der Waals surface area (Å²) in [5, 5.41) is 5.83. The number of thioether (sulfide) groups is 1. The Kier molecular flexibility index (Phi) is 4.70. The van der Waals surface area contributed by atoms with E-state index in [0.29, 0.717) is 6.42 Å². The molecule has 0 unspecified atom stereocenters. The molecule has 2 atom stereocenters. The molecule has 1 aromatic carbocycles. The summed E-state index contributed by atoms with van der Waals surface area (Å²) < 4.78 is 0. The van der Waals surface area contributed by atoms with Gasteiger partial charge in [0.25, 0.3) is 0 Å². The molecule has 1 heterocycles. The molecule has 20 heavy (non-hydrogen) atoms. The summed E-state index contributed by atoms with van der Waals surface area (Å²) in [5.41, 5.74) is 3.10. The topological polar surface area (TPSA) is 58.2 Å². The highest BCUT2D eigenvalue weighted by Crippen LogP contribution is 2.26. The number of nitrogens with one attached hydrogen (secondary N) is 2. The third kappa shape index (κ3) is 3.33. The molecule has 0 aliphatic carbocycles. The van der Waals surface area contributed by atoms with Crippen molar-refractivity contribution in [1.29, 1.82) is 0 Å². The van der Waals surface area contributed by atoms with Crippen LogP contribution in [0.3, 0.4) is 0 Å². The van der Waals surface area contributed by atoms with Crippen molar-refractivity contribution in [2.75, 3.05) is 11.6 Å². The minimum absolute atomic E-state index is 0.0278. The second kappa shape index (κ2) is 6.31. The maximum atomic E-state index is 11.9. The first-order valence-corrected chi connectivity index (χ1v) is 8.06. The summed E-state index contributed by atoms with van der Waals surface area (Å²) in [6.07, 6.45) is 3.22. The molecule has 2 rings (SSSR count). The summed E-state index contributed by atoms with van der Waals surface area (Å²) in [6.45, 7) is 3.88. The van der Waals surface area contributed by atoms with Crippen molar-refractivity contribution in [3.8, 4) is 0 Å². The molecule has 0 bridgehead atoms. The van der Waals surface area contributed by atoms with Crippen LogP contribution in [0.1, 0.15) is 37.4 Å². The molecule has 0 radical (unpaired) electrons. The van der Waals surface area contributed by atoms with Gasteiger partial charge in [0.05, 0.1) is 11.3 Å². The van der Waals surface area contributed by atoms with Crippen LogP contribution in [0.2, 0.25) is 0 Å². The average Bonchev–Trinajstić information content (AvgIpc) is 2.45. The number of benzene rings is 1. The zero-order chi connectivity index (χ0) is 14.7. The van der Waals surface area contributed by atoms with Gasteiger partial charge < -0.3 is 10.6 Å². The third-order valence-electron chi connectivity index (χ3n) is 3.61. The number of anilines is 1. The average molecular weight is 292 g/mol. The maximum absolute atomic E-state index is 11.9. The first kappa shape index (κ1) is 14.9. The summed E-state index contributed by atoms with van der Waals surface area (Å²) >= 11 is 1.53. The number of carbonyl (C=O) groups excluding carboxylic acids is 2. The van der Waals surface area contributed by atoms with E-state index in [4.69, 9.17) is 0 Å². The van der Waals surface area contributed by atoms with Crippen LogP contribution in [0.25, 0.3) is 0 Å². The molecule has 2 amide bonds. The minimum Gasteiger partial charge on any atom is -0.349 e. The van der Waals surface area contributed by atoms with Crippen LogP contribution in [0, 0.1) is 0 Å². The molecular weight excluding hydrogens is 272 g/mol. The van der Waals surface area contributed by atoms with E-state index in [2.05, 4.69) is 16.7 Å². The highest BCUT2D eigenvalue weighted by molar-refractivity contribution is 7.99. The van der Waals surface area contributed by atoms with Crippen molar-refractivity contribution in [2.45, 2.75) is 38.0 Å². The Labute approximate surface area is 123 Å². The zero-order valence-electron chi connectivity index (χ0n) is 12.0. The summed E-state index contributed by atoms with van der Waals surface area (Å²) in [5.74, 6) is 0.122. The molecular formula is C15H20N2O2S. The molecule has 2 N–H and O–H groups in total. The van der Waals surface area contributed by atoms with Gasteiger partial charge in [-0.05, 0) is 43.7 Å². The zero-order valence-corrected chi connectivity index (χ0v) is 12.8. The van der Waals surface area contributed by atoms with Crippen molar-refractivity contribution in [2.24, 2.45) is 0 Å². The Morgan fingerprint density at radius 2 is 2.10 bits per heavy atom. The van der Waals surface area contributed by atoms with E-state index in [1.54, 1.807) is 0 Å². The van der Waals surface area contributed by atoms with E-state index >= 15 is 0 Å². The Balaban J connectivity index is 2.09. The fraction of sp³-hybridized carbons (Fsp3) is 0.467. The first-order valence-electron chi connectivity index (χ1n) is 6.77. The van der Waals surface area contributed by atoms with Crippen LogP contribution in [-0.4, -0.2) is 23.3 Å². The highest BCUT2D eigenvalue weighted by atomic mass is 32.2. The summed E-state index contributed by atoms with van der Waals surface area (Å²) in [7, 11) is 0. The van der Waals surface area contributed by atoms with Crippen molar-refractivity contribution < 1.29 is 9.59 Å². The van der Waals surface area contributed by atoms with Crippen LogP contribution >= 0.6 is 11.8 Å². The van der Waals surface area contributed by atoms with Gasteiger partial charge in [-0.2, -0.15) is 11.8 Å².